The van der Waals surface area contributed by atoms with Crippen molar-refractivity contribution in [3.63, 3.8) is 0 Å². The van der Waals surface area contributed by atoms with Gasteiger partial charge >= 0.3 is 0 Å². The van der Waals surface area contributed by atoms with Gasteiger partial charge in [-0.05, 0) is 55.0 Å². The highest BCUT2D eigenvalue weighted by atomic mass is 79.9. The minimum absolute atomic E-state index is 0.647. The molecule has 1 aliphatic heterocycles. The molecule has 6 heteroatoms. The van der Waals surface area contributed by atoms with E-state index in [0.717, 1.165) is 43.2 Å². The summed E-state index contributed by atoms with van der Waals surface area (Å²) >= 11 is 5.26. The van der Waals surface area contributed by atoms with Crippen LogP contribution in [-0.2, 0) is 6.54 Å². The van der Waals surface area contributed by atoms with Crippen LogP contribution in [0.2, 0.25) is 0 Å². The number of nitrogens with zero attached hydrogens (tertiary/aromatic N) is 2. The van der Waals surface area contributed by atoms with E-state index in [1.807, 2.05) is 0 Å². The molecule has 2 heterocycles. The zero-order valence-electron chi connectivity index (χ0n) is 14.5. The summed E-state index contributed by atoms with van der Waals surface area (Å²) in [5, 5.41) is 8.96. The molecule has 2 aromatic rings. The molecule has 1 aromatic heterocycles. The van der Waals surface area contributed by atoms with Gasteiger partial charge in [0, 0.05) is 41.2 Å². The zero-order valence-corrected chi connectivity index (χ0v) is 16.9. The second kappa shape index (κ2) is 9.25. The number of thiophene rings is 1. The normalized spacial score (nSPS) is 17.8. The Bertz CT molecular complexity index is 669. The first kappa shape index (κ1) is 18.3. The Labute approximate surface area is 162 Å². The smallest absolute Gasteiger partial charge is 0.191 e. The largest absolute Gasteiger partial charge is 0.371 e. The molecular weight excluding hydrogens is 396 g/mol. The Morgan fingerprint density at radius 3 is 2.84 bits per heavy atom. The molecule has 0 radical (unpaired) electrons. The first-order chi connectivity index (χ1) is 12.2. The fraction of sp³-hybridized carbons (Fsp3) is 0.421. The SMILES string of the molecule is CCNC(=NCc1cccs1)NCC1CCN(c2ccc(Br)cc2)C1. The highest BCUT2D eigenvalue weighted by Gasteiger charge is 2.22. The first-order valence-electron chi connectivity index (χ1n) is 8.79. The van der Waals surface area contributed by atoms with E-state index in [1.165, 1.54) is 17.0 Å². The van der Waals surface area contributed by atoms with E-state index in [9.17, 15) is 0 Å². The summed E-state index contributed by atoms with van der Waals surface area (Å²) in [7, 11) is 0. The van der Waals surface area contributed by atoms with Gasteiger partial charge in [-0.3, -0.25) is 0 Å². The molecule has 1 aliphatic rings. The van der Waals surface area contributed by atoms with Crippen LogP contribution in [0.4, 0.5) is 5.69 Å². The second-order valence-corrected chi connectivity index (χ2v) is 8.18. The van der Waals surface area contributed by atoms with E-state index in [-0.39, 0.29) is 0 Å². The Morgan fingerprint density at radius 2 is 2.12 bits per heavy atom. The fourth-order valence-electron chi connectivity index (χ4n) is 3.03. The van der Waals surface area contributed by atoms with Gasteiger partial charge in [-0.25, -0.2) is 4.99 Å². The molecule has 0 saturated carbocycles. The molecule has 134 valence electrons. The number of hydrogen-bond donors (Lipinski definition) is 2. The summed E-state index contributed by atoms with van der Waals surface area (Å²) in [5.41, 5.74) is 1.31. The summed E-state index contributed by atoms with van der Waals surface area (Å²) in [4.78, 5) is 8.45. The molecule has 1 aromatic carbocycles. The number of guanidine groups is 1. The molecule has 1 saturated heterocycles. The highest BCUT2D eigenvalue weighted by Crippen LogP contribution is 2.24. The minimum atomic E-state index is 0.647. The third kappa shape index (κ3) is 5.47. The van der Waals surface area contributed by atoms with Crippen LogP contribution in [0.15, 0.2) is 51.2 Å². The average molecular weight is 421 g/mol. The van der Waals surface area contributed by atoms with Crippen molar-refractivity contribution in [3.8, 4) is 0 Å². The van der Waals surface area contributed by atoms with Gasteiger partial charge in [0.05, 0.1) is 6.54 Å². The van der Waals surface area contributed by atoms with E-state index in [0.29, 0.717) is 5.92 Å². The Morgan fingerprint density at radius 1 is 1.28 bits per heavy atom. The summed E-state index contributed by atoms with van der Waals surface area (Å²) < 4.78 is 1.13. The number of aliphatic imine (C=N–C) groups is 1. The van der Waals surface area contributed by atoms with Crippen molar-refractivity contribution in [2.24, 2.45) is 10.9 Å². The number of hydrogen-bond acceptors (Lipinski definition) is 3. The third-order valence-electron chi connectivity index (χ3n) is 4.35. The average Bonchev–Trinajstić information content (AvgIpc) is 3.30. The van der Waals surface area contributed by atoms with Gasteiger partial charge < -0.3 is 15.5 Å². The van der Waals surface area contributed by atoms with Gasteiger partial charge in [-0.15, -0.1) is 11.3 Å². The number of nitrogens with one attached hydrogen (secondary N) is 2. The Balaban J connectivity index is 1.49. The number of benzene rings is 1. The lowest BCUT2D eigenvalue weighted by Gasteiger charge is -2.19. The van der Waals surface area contributed by atoms with Crippen LogP contribution in [0.3, 0.4) is 0 Å². The molecule has 0 spiro atoms. The monoisotopic (exact) mass is 420 g/mol. The van der Waals surface area contributed by atoms with Gasteiger partial charge in [0.2, 0.25) is 0 Å². The van der Waals surface area contributed by atoms with Crippen LogP contribution in [0.5, 0.6) is 0 Å². The van der Waals surface area contributed by atoms with Gasteiger partial charge in [0.25, 0.3) is 0 Å². The summed E-state index contributed by atoms with van der Waals surface area (Å²) in [5.74, 6) is 1.56. The summed E-state index contributed by atoms with van der Waals surface area (Å²) in [6.07, 6.45) is 1.22. The number of rotatable bonds is 6. The number of anilines is 1. The molecule has 4 nitrogen and oxygen atoms in total. The van der Waals surface area contributed by atoms with E-state index < -0.39 is 0 Å². The molecule has 1 fully saturated rings. The zero-order chi connectivity index (χ0) is 17.5. The first-order valence-corrected chi connectivity index (χ1v) is 10.5. The quantitative estimate of drug-likeness (QED) is 0.545. The standard InChI is InChI=1S/C19H25BrN4S/c1-2-21-19(23-13-18-4-3-11-25-18)22-12-15-9-10-24(14-15)17-7-5-16(20)6-8-17/h3-8,11,15H,2,9-10,12-14H2,1H3,(H2,21,22,23). The van der Waals surface area contributed by atoms with E-state index in [1.54, 1.807) is 11.3 Å². The lowest BCUT2D eigenvalue weighted by atomic mass is 10.1. The van der Waals surface area contributed by atoms with Crippen molar-refractivity contribution in [2.45, 2.75) is 19.9 Å². The van der Waals surface area contributed by atoms with Crippen molar-refractivity contribution in [1.29, 1.82) is 0 Å². The lowest BCUT2D eigenvalue weighted by molar-refractivity contribution is 0.566. The molecule has 0 aliphatic carbocycles. The topological polar surface area (TPSA) is 39.7 Å². The van der Waals surface area contributed by atoms with E-state index in [4.69, 9.17) is 0 Å². The van der Waals surface area contributed by atoms with Gasteiger partial charge in [0.1, 0.15) is 0 Å². The van der Waals surface area contributed by atoms with Gasteiger partial charge in [-0.1, -0.05) is 22.0 Å². The maximum absolute atomic E-state index is 4.69. The summed E-state index contributed by atoms with van der Waals surface area (Å²) in [6, 6.07) is 12.8. The minimum Gasteiger partial charge on any atom is -0.371 e. The molecule has 25 heavy (non-hydrogen) atoms. The maximum atomic E-state index is 4.69. The van der Waals surface area contributed by atoms with Crippen LogP contribution < -0.4 is 15.5 Å². The van der Waals surface area contributed by atoms with Crippen LogP contribution in [0.25, 0.3) is 0 Å². The summed E-state index contributed by atoms with van der Waals surface area (Å²) in [6.45, 7) is 6.90. The maximum Gasteiger partial charge on any atom is 0.191 e. The van der Waals surface area contributed by atoms with Gasteiger partial charge in [-0.2, -0.15) is 0 Å². The molecule has 1 unspecified atom stereocenters. The molecular formula is C19H25BrN4S. The van der Waals surface area contributed by atoms with Crippen molar-refractivity contribution in [3.05, 3.63) is 51.1 Å². The van der Waals surface area contributed by atoms with Crippen molar-refractivity contribution in [2.75, 3.05) is 31.1 Å². The Kier molecular flexibility index (Phi) is 6.76. The van der Waals surface area contributed by atoms with E-state index in [2.05, 4.69) is 85.2 Å². The van der Waals surface area contributed by atoms with Crippen molar-refractivity contribution in [1.82, 2.24) is 10.6 Å². The highest BCUT2D eigenvalue weighted by molar-refractivity contribution is 9.10. The third-order valence-corrected chi connectivity index (χ3v) is 5.74. The van der Waals surface area contributed by atoms with Crippen LogP contribution in [0, 0.1) is 5.92 Å². The van der Waals surface area contributed by atoms with Gasteiger partial charge in [0.15, 0.2) is 5.96 Å². The predicted octanol–water partition coefficient (Wildman–Crippen LogP) is 4.09. The van der Waals surface area contributed by atoms with E-state index >= 15 is 0 Å². The van der Waals surface area contributed by atoms with Crippen LogP contribution in [0.1, 0.15) is 18.2 Å². The van der Waals surface area contributed by atoms with Crippen molar-refractivity contribution >= 4 is 38.9 Å². The Hall–Kier alpha value is -1.53. The molecule has 2 N–H and O–H groups in total. The fourth-order valence-corrected chi connectivity index (χ4v) is 3.92. The molecule has 0 amide bonds. The molecule has 1 atom stereocenters. The number of halogens is 1. The van der Waals surface area contributed by atoms with Crippen molar-refractivity contribution < 1.29 is 0 Å². The van der Waals surface area contributed by atoms with Crippen LogP contribution in [-0.4, -0.2) is 32.1 Å². The molecule has 3 rings (SSSR count). The molecule has 0 bridgehead atoms. The van der Waals surface area contributed by atoms with Crippen LogP contribution >= 0.6 is 27.3 Å². The second-order valence-electron chi connectivity index (χ2n) is 6.23. The predicted molar refractivity (Wildman–Crippen MR) is 112 cm³/mol. The lowest BCUT2D eigenvalue weighted by Crippen LogP contribution is -2.40.